The molecule has 25 heavy (non-hydrogen) atoms. The van der Waals surface area contributed by atoms with Gasteiger partial charge in [0.2, 0.25) is 0 Å². The number of ketones is 1. The third kappa shape index (κ3) is 4.64. The van der Waals surface area contributed by atoms with E-state index in [1.54, 1.807) is 25.3 Å². The first-order valence-electron chi connectivity index (χ1n) is 8.00. The summed E-state index contributed by atoms with van der Waals surface area (Å²) in [5.41, 5.74) is 2.67. The Kier molecular flexibility index (Phi) is 5.91. The van der Waals surface area contributed by atoms with Crippen LogP contribution in [0, 0.1) is 0 Å². The van der Waals surface area contributed by atoms with Crippen molar-refractivity contribution in [2.24, 2.45) is 0 Å². The van der Waals surface area contributed by atoms with Gasteiger partial charge in [0.1, 0.15) is 0 Å². The Bertz CT molecular complexity index is 784. The maximum Gasteiger partial charge on any atom is 0.185 e. The molecule has 0 saturated heterocycles. The molecule has 0 spiro atoms. The highest BCUT2D eigenvalue weighted by Crippen LogP contribution is 2.36. The van der Waals surface area contributed by atoms with Gasteiger partial charge in [-0.15, -0.1) is 0 Å². The average Bonchev–Trinajstić information content (AvgIpc) is 2.58. The quantitative estimate of drug-likeness (QED) is 0.519. The topological polar surface area (TPSA) is 35.5 Å². The zero-order chi connectivity index (χ0) is 18.6. The van der Waals surface area contributed by atoms with Gasteiger partial charge < -0.3 is 9.47 Å². The molecule has 0 radical (unpaired) electrons. The monoisotopic (exact) mass is 358 g/mol. The van der Waals surface area contributed by atoms with Crippen molar-refractivity contribution in [1.82, 2.24) is 0 Å². The van der Waals surface area contributed by atoms with Crippen LogP contribution in [0.1, 0.15) is 42.3 Å². The molecule has 0 aliphatic carbocycles. The van der Waals surface area contributed by atoms with E-state index in [9.17, 15) is 4.79 Å². The zero-order valence-electron chi connectivity index (χ0n) is 15.2. The second-order valence-corrected chi connectivity index (χ2v) is 7.17. The first-order valence-corrected chi connectivity index (χ1v) is 8.38. The molecule has 2 rings (SSSR count). The normalized spacial score (nSPS) is 11.6. The van der Waals surface area contributed by atoms with E-state index < -0.39 is 0 Å². The van der Waals surface area contributed by atoms with E-state index in [0.717, 1.165) is 5.56 Å². The van der Waals surface area contributed by atoms with Crippen molar-refractivity contribution in [2.75, 3.05) is 14.2 Å². The maximum atomic E-state index is 12.4. The highest BCUT2D eigenvalue weighted by molar-refractivity contribution is 6.32. The minimum absolute atomic E-state index is 0.0633. The Morgan fingerprint density at radius 3 is 2.20 bits per heavy atom. The molecule has 3 nitrogen and oxygen atoms in total. The van der Waals surface area contributed by atoms with Crippen molar-refractivity contribution in [1.29, 1.82) is 0 Å². The SMILES string of the molecule is COc1cc(/C=C/C(=O)c2ccc(C(C)(C)C)cc2)cc(Cl)c1OC. The van der Waals surface area contributed by atoms with Crippen molar-refractivity contribution in [3.8, 4) is 11.5 Å². The van der Waals surface area contributed by atoms with Gasteiger partial charge in [-0.25, -0.2) is 0 Å². The van der Waals surface area contributed by atoms with E-state index in [1.807, 2.05) is 24.3 Å². The maximum absolute atomic E-state index is 12.4. The second kappa shape index (κ2) is 7.75. The second-order valence-electron chi connectivity index (χ2n) is 6.76. The van der Waals surface area contributed by atoms with E-state index in [-0.39, 0.29) is 11.2 Å². The molecule has 0 aliphatic rings. The van der Waals surface area contributed by atoms with Gasteiger partial charge in [0, 0.05) is 5.56 Å². The Morgan fingerprint density at radius 1 is 1.04 bits per heavy atom. The number of hydrogen-bond donors (Lipinski definition) is 0. The van der Waals surface area contributed by atoms with Crippen molar-refractivity contribution in [3.63, 3.8) is 0 Å². The Balaban J connectivity index is 2.21. The number of carbonyl (C=O) groups is 1. The first kappa shape index (κ1) is 19.1. The van der Waals surface area contributed by atoms with Gasteiger partial charge in [0.25, 0.3) is 0 Å². The summed E-state index contributed by atoms with van der Waals surface area (Å²) in [4.78, 5) is 12.4. The molecule has 0 atom stereocenters. The number of carbonyl (C=O) groups excluding carboxylic acids is 1. The Labute approximate surface area is 154 Å². The van der Waals surface area contributed by atoms with Crippen LogP contribution in [-0.2, 0) is 5.41 Å². The van der Waals surface area contributed by atoms with Crippen LogP contribution in [-0.4, -0.2) is 20.0 Å². The van der Waals surface area contributed by atoms with Crippen LogP contribution in [0.5, 0.6) is 11.5 Å². The number of benzene rings is 2. The smallest absolute Gasteiger partial charge is 0.185 e. The summed E-state index contributed by atoms with van der Waals surface area (Å²) in [7, 11) is 3.08. The molecule has 0 fully saturated rings. The molecule has 2 aromatic carbocycles. The zero-order valence-corrected chi connectivity index (χ0v) is 16.0. The highest BCUT2D eigenvalue weighted by Gasteiger charge is 2.14. The van der Waals surface area contributed by atoms with E-state index >= 15 is 0 Å². The number of ether oxygens (including phenoxy) is 2. The average molecular weight is 359 g/mol. The molecule has 0 heterocycles. The lowest BCUT2D eigenvalue weighted by molar-refractivity contribution is 0.104. The van der Waals surface area contributed by atoms with Gasteiger partial charge >= 0.3 is 0 Å². The number of halogens is 1. The molecular formula is C21H23ClO3. The molecule has 2 aromatic rings. The van der Waals surface area contributed by atoms with Gasteiger partial charge in [-0.2, -0.15) is 0 Å². The van der Waals surface area contributed by atoms with E-state index in [1.165, 1.54) is 18.7 Å². The molecule has 0 saturated carbocycles. The van der Waals surface area contributed by atoms with Crippen LogP contribution in [0.2, 0.25) is 5.02 Å². The molecule has 0 unspecified atom stereocenters. The minimum atomic E-state index is -0.0635. The fourth-order valence-corrected chi connectivity index (χ4v) is 2.73. The summed E-state index contributed by atoms with van der Waals surface area (Å²) < 4.78 is 10.5. The molecule has 0 N–H and O–H groups in total. The van der Waals surface area contributed by atoms with Gasteiger partial charge in [-0.1, -0.05) is 62.7 Å². The molecule has 0 aliphatic heterocycles. The third-order valence-electron chi connectivity index (χ3n) is 3.92. The number of allylic oxidation sites excluding steroid dienone is 1. The summed E-state index contributed by atoms with van der Waals surface area (Å²) in [5, 5.41) is 0.434. The molecule has 0 amide bonds. The summed E-state index contributed by atoms with van der Waals surface area (Å²) >= 11 is 6.18. The predicted octanol–water partition coefficient (Wildman–Crippen LogP) is 5.55. The van der Waals surface area contributed by atoms with Crippen LogP contribution in [0.25, 0.3) is 6.08 Å². The molecule has 0 bridgehead atoms. The van der Waals surface area contributed by atoms with Crippen LogP contribution in [0.3, 0.4) is 0 Å². The number of rotatable bonds is 5. The predicted molar refractivity (Wildman–Crippen MR) is 103 cm³/mol. The van der Waals surface area contributed by atoms with Crippen molar-refractivity contribution >= 4 is 23.5 Å². The van der Waals surface area contributed by atoms with Crippen LogP contribution >= 0.6 is 11.6 Å². The van der Waals surface area contributed by atoms with E-state index in [4.69, 9.17) is 21.1 Å². The summed E-state index contributed by atoms with van der Waals surface area (Å²) in [6, 6.07) is 11.2. The molecular weight excluding hydrogens is 336 g/mol. The molecule has 0 aromatic heterocycles. The van der Waals surface area contributed by atoms with Crippen LogP contribution in [0.15, 0.2) is 42.5 Å². The van der Waals surface area contributed by atoms with Gasteiger partial charge in [0.05, 0.1) is 19.2 Å². The minimum Gasteiger partial charge on any atom is -0.493 e. The lowest BCUT2D eigenvalue weighted by Gasteiger charge is -2.18. The Hall–Kier alpha value is -2.26. The molecule has 4 heteroatoms. The lowest BCUT2D eigenvalue weighted by Crippen LogP contribution is -2.11. The van der Waals surface area contributed by atoms with E-state index in [2.05, 4.69) is 20.8 Å². The van der Waals surface area contributed by atoms with E-state index in [0.29, 0.717) is 22.1 Å². The van der Waals surface area contributed by atoms with Gasteiger partial charge in [0.15, 0.2) is 17.3 Å². The van der Waals surface area contributed by atoms with Crippen molar-refractivity contribution in [2.45, 2.75) is 26.2 Å². The van der Waals surface area contributed by atoms with Gasteiger partial charge in [-0.3, -0.25) is 4.79 Å². The summed E-state index contributed by atoms with van der Waals surface area (Å²) in [6.45, 7) is 6.43. The first-order chi connectivity index (χ1) is 11.8. The number of hydrogen-bond acceptors (Lipinski definition) is 3. The largest absolute Gasteiger partial charge is 0.493 e. The van der Waals surface area contributed by atoms with Crippen molar-refractivity contribution in [3.05, 3.63) is 64.2 Å². The third-order valence-corrected chi connectivity index (χ3v) is 4.20. The highest BCUT2D eigenvalue weighted by atomic mass is 35.5. The molecule has 132 valence electrons. The van der Waals surface area contributed by atoms with Crippen LogP contribution in [0.4, 0.5) is 0 Å². The van der Waals surface area contributed by atoms with Gasteiger partial charge in [-0.05, 0) is 34.8 Å². The summed E-state index contributed by atoms with van der Waals surface area (Å²) in [6.07, 6.45) is 3.25. The number of methoxy groups -OCH3 is 2. The lowest BCUT2D eigenvalue weighted by atomic mass is 9.86. The standard InChI is InChI=1S/C21H23ClO3/c1-21(2,3)16-9-7-15(8-10-16)18(23)11-6-14-12-17(22)20(25-5)19(13-14)24-4/h6-13H,1-5H3/b11-6+. The Morgan fingerprint density at radius 2 is 1.68 bits per heavy atom. The summed E-state index contributed by atoms with van der Waals surface area (Å²) in [5.74, 6) is 0.938. The van der Waals surface area contributed by atoms with Crippen LogP contribution < -0.4 is 9.47 Å². The fourth-order valence-electron chi connectivity index (χ4n) is 2.44. The fraction of sp³-hybridized carbons (Fsp3) is 0.286. The van der Waals surface area contributed by atoms with Crippen molar-refractivity contribution < 1.29 is 14.3 Å².